The Labute approximate surface area is 179 Å². The zero-order valence-electron chi connectivity index (χ0n) is 16.8. The molecule has 0 spiro atoms. The van der Waals surface area contributed by atoms with Crippen LogP contribution in [0.4, 0.5) is 5.82 Å². The lowest BCUT2D eigenvalue weighted by atomic mass is 10.0. The van der Waals surface area contributed by atoms with E-state index in [1.165, 1.54) is 18.2 Å². The number of aromatic nitrogens is 2. The Morgan fingerprint density at radius 2 is 1.55 bits per heavy atom. The lowest BCUT2D eigenvalue weighted by molar-refractivity contribution is 0.0696. The molecule has 0 saturated carbocycles. The summed E-state index contributed by atoms with van der Waals surface area (Å²) in [5.41, 5.74) is 1.95. The van der Waals surface area contributed by atoms with Gasteiger partial charge in [-0.15, -0.1) is 0 Å². The van der Waals surface area contributed by atoms with E-state index in [1.54, 1.807) is 26.0 Å². The number of aryl methyl sites for hydroxylation is 2. The molecular formula is C20H19N3O6S2. The molecule has 0 unspecified atom stereocenters. The van der Waals surface area contributed by atoms with Gasteiger partial charge >= 0.3 is 5.97 Å². The van der Waals surface area contributed by atoms with Gasteiger partial charge in [0.1, 0.15) is 5.82 Å². The van der Waals surface area contributed by atoms with Gasteiger partial charge in [0, 0.05) is 17.9 Å². The Bertz CT molecular complexity index is 1380. The van der Waals surface area contributed by atoms with Crippen LogP contribution in [0, 0.1) is 13.8 Å². The molecule has 0 bridgehead atoms. The third kappa shape index (κ3) is 4.89. The molecule has 0 saturated heterocycles. The van der Waals surface area contributed by atoms with Gasteiger partial charge in [-0.1, -0.05) is 24.3 Å². The van der Waals surface area contributed by atoms with E-state index in [1.807, 2.05) is 6.07 Å². The highest BCUT2D eigenvalue weighted by molar-refractivity contribution is 7.92. The van der Waals surface area contributed by atoms with Crippen molar-refractivity contribution in [2.45, 2.75) is 23.8 Å². The lowest BCUT2D eigenvalue weighted by Crippen LogP contribution is -2.16. The molecule has 31 heavy (non-hydrogen) atoms. The van der Waals surface area contributed by atoms with Gasteiger partial charge < -0.3 is 5.11 Å². The molecule has 0 amide bonds. The third-order valence-electron chi connectivity index (χ3n) is 4.42. The minimum Gasteiger partial charge on any atom is -0.478 e. The number of carboxylic acids is 1. The molecule has 1 heterocycles. The van der Waals surface area contributed by atoms with Crippen LogP contribution in [0.25, 0.3) is 11.4 Å². The van der Waals surface area contributed by atoms with E-state index in [9.17, 15) is 21.6 Å². The maximum atomic E-state index is 12.8. The van der Waals surface area contributed by atoms with Gasteiger partial charge in [-0.2, -0.15) is 0 Å². The number of anilines is 1. The van der Waals surface area contributed by atoms with Gasteiger partial charge in [-0.05, 0) is 43.2 Å². The van der Waals surface area contributed by atoms with Crippen molar-refractivity contribution >= 4 is 31.6 Å². The predicted molar refractivity (Wildman–Crippen MR) is 114 cm³/mol. The van der Waals surface area contributed by atoms with Crippen LogP contribution in [0.1, 0.15) is 21.5 Å². The first-order valence-electron chi connectivity index (χ1n) is 8.90. The smallest absolute Gasteiger partial charge is 0.335 e. The predicted octanol–water partition coefficient (Wildman–Crippen LogP) is 2.66. The number of sulfone groups is 1. The molecule has 0 aliphatic heterocycles. The molecule has 0 radical (unpaired) electrons. The molecule has 0 fully saturated rings. The van der Waals surface area contributed by atoms with Crippen LogP contribution in [0.2, 0.25) is 0 Å². The van der Waals surface area contributed by atoms with Crippen LogP contribution in [0.15, 0.2) is 58.5 Å². The zero-order chi connectivity index (χ0) is 23.0. The Hall–Kier alpha value is -3.31. The Morgan fingerprint density at radius 1 is 0.935 bits per heavy atom. The molecule has 0 atom stereocenters. The molecule has 11 heteroatoms. The van der Waals surface area contributed by atoms with Crippen LogP contribution in [0.3, 0.4) is 0 Å². The van der Waals surface area contributed by atoms with Crippen LogP contribution in [-0.2, 0) is 19.9 Å². The number of rotatable bonds is 6. The highest BCUT2D eigenvalue weighted by atomic mass is 32.2. The number of nitrogens with one attached hydrogen (secondary N) is 1. The number of hydrogen-bond donors (Lipinski definition) is 2. The topological polar surface area (TPSA) is 143 Å². The largest absolute Gasteiger partial charge is 0.478 e. The molecule has 3 aromatic rings. The highest BCUT2D eigenvalue weighted by Crippen LogP contribution is 2.27. The third-order valence-corrected chi connectivity index (χ3v) is 6.74. The van der Waals surface area contributed by atoms with E-state index in [0.717, 1.165) is 29.5 Å². The Morgan fingerprint density at radius 3 is 2.13 bits per heavy atom. The van der Waals surface area contributed by atoms with Gasteiger partial charge in [-0.25, -0.2) is 31.6 Å². The van der Waals surface area contributed by atoms with Crippen molar-refractivity contribution in [1.82, 2.24) is 9.97 Å². The number of hydrogen-bond acceptors (Lipinski definition) is 7. The first-order chi connectivity index (χ1) is 14.4. The van der Waals surface area contributed by atoms with Crippen molar-refractivity contribution in [1.29, 1.82) is 0 Å². The minimum absolute atomic E-state index is 0.0514. The summed E-state index contributed by atoms with van der Waals surface area (Å²) in [6.07, 6.45) is 0.957. The monoisotopic (exact) mass is 461 g/mol. The van der Waals surface area contributed by atoms with Crippen LogP contribution in [-0.4, -0.2) is 44.1 Å². The first-order valence-corrected chi connectivity index (χ1v) is 12.3. The molecule has 3 rings (SSSR count). The second-order valence-electron chi connectivity index (χ2n) is 6.89. The average Bonchev–Trinajstić information content (AvgIpc) is 2.67. The van der Waals surface area contributed by atoms with Crippen molar-refractivity contribution in [3.05, 3.63) is 65.2 Å². The van der Waals surface area contributed by atoms with Gasteiger partial charge in [0.2, 0.25) is 0 Å². The van der Waals surface area contributed by atoms with Crippen molar-refractivity contribution < 1.29 is 26.7 Å². The van der Waals surface area contributed by atoms with Crippen LogP contribution in [0.5, 0.6) is 0 Å². The normalized spacial score (nSPS) is 11.8. The fraction of sp³-hybridized carbons (Fsp3) is 0.150. The summed E-state index contributed by atoms with van der Waals surface area (Å²) in [5.74, 6) is -1.49. The summed E-state index contributed by atoms with van der Waals surface area (Å²) < 4.78 is 52.2. The number of benzene rings is 2. The maximum Gasteiger partial charge on any atom is 0.335 e. The molecule has 2 aromatic carbocycles. The van der Waals surface area contributed by atoms with E-state index >= 15 is 0 Å². The van der Waals surface area contributed by atoms with E-state index < -0.39 is 25.8 Å². The lowest BCUT2D eigenvalue weighted by Gasteiger charge is -2.13. The number of aromatic carboxylic acids is 1. The summed E-state index contributed by atoms with van der Waals surface area (Å²) in [5, 5.41) is 8.75. The number of nitrogens with zero attached hydrogens (tertiary/aromatic N) is 2. The van der Waals surface area contributed by atoms with Gasteiger partial charge in [0.25, 0.3) is 10.0 Å². The van der Waals surface area contributed by atoms with Crippen molar-refractivity contribution in [2.24, 2.45) is 0 Å². The summed E-state index contributed by atoms with van der Waals surface area (Å²) in [6.45, 7) is 3.61. The second kappa shape index (κ2) is 8.08. The number of carboxylic acid groups (broad SMARTS) is 1. The fourth-order valence-corrected chi connectivity index (χ4v) is 4.55. The molecule has 1 aromatic heterocycles. The van der Waals surface area contributed by atoms with E-state index in [4.69, 9.17) is 5.11 Å². The second-order valence-corrected chi connectivity index (χ2v) is 10.5. The number of sulfonamides is 1. The van der Waals surface area contributed by atoms with Crippen LogP contribution < -0.4 is 4.72 Å². The average molecular weight is 462 g/mol. The fourth-order valence-electron chi connectivity index (χ4n) is 2.94. The molecule has 0 aliphatic rings. The number of carbonyl (C=O) groups is 1. The standard InChI is InChI=1S/C20H19N3O6S2/c1-12-6-4-7-13(2)18(12)19-21-16(11-17(22-19)30(3,26)27)23-31(28,29)15-9-5-8-14(10-15)20(24)25/h4-11H,1-3H3,(H,24,25)(H,21,22,23). The summed E-state index contributed by atoms with van der Waals surface area (Å²) in [7, 11) is -8.03. The van der Waals surface area contributed by atoms with Gasteiger partial charge in [0.15, 0.2) is 20.7 Å². The van der Waals surface area contributed by atoms with E-state index in [2.05, 4.69) is 14.7 Å². The molecule has 0 aliphatic carbocycles. The van der Waals surface area contributed by atoms with Gasteiger partial charge in [0.05, 0.1) is 10.5 Å². The quantitative estimate of drug-likeness (QED) is 0.533. The maximum absolute atomic E-state index is 12.8. The molecule has 2 N–H and O–H groups in total. The van der Waals surface area contributed by atoms with E-state index in [0.29, 0.717) is 5.56 Å². The summed E-state index contributed by atoms with van der Waals surface area (Å²) >= 11 is 0. The van der Waals surface area contributed by atoms with Crippen molar-refractivity contribution in [3.8, 4) is 11.4 Å². The van der Waals surface area contributed by atoms with Crippen molar-refractivity contribution in [2.75, 3.05) is 11.0 Å². The summed E-state index contributed by atoms with van der Waals surface area (Å²) in [6, 6.07) is 11.2. The minimum atomic E-state index is -4.25. The molecular weight excluding hydrogens is 442 g/mol. The van der Waals surface area contributed by atoms with Crippen LogP contribution >= 0.6 is 0 Å². The van der Waals surface area contributed by atoms with Gasteiger partial charge in [-0.3, -0.25) is 4.72 Å². The Balaban J connectivity index is 2.15. The molecule has 9 nitrogen and oxygen atoms in total. The highest BCUT2D eigenvalue weighted by Gasteiger charge is 2.21. The zero-order valence-corrected chi connectivity index (χ0v) is 18.5. The summed E-state index contributed by atoms with van der Waals surface area (Å²) in [4.78, 5) is 19.2. The Kier molecular flexibility index (Phi) is 5.83. The molecule has 162 valence electrons. The first kappa shape index (κ1) is 22.4. The van der Waals surface area contributed by atoms with Crippen molar-refractivity contribution in [3.63, 3.8) is 0 Å². The van der Waals surface area contributed by atoms with E-state index in [-0.39, 0.29) is 27.1 Å². The SMILES string of the molecule is Cc1cccc(C)c1-c1nc(NS(=O)(=O)c2cccc(C(=O)O)c2)cc(S(C)(=O)=O)n1.